The zero-order valence-electron chi connectivity index (χ0n) is 20.2. The van der Waals surface area contributed by atoms with Gasteiger partial charge in [0.15, 0.2) is 5.82 Å². The largest absolute Gasteiger partial charge is 0.489 e. The van der Waals surface area contributed by atoms with Crippen LogP contribution in [0.1, 0.15) is 40.5 Å². The van der Waals surface area contributed by atoms with Crippen LogP contribution in [0.15, 0.2) is 35.3 Å². The number of rotatable bonds is 6. The minimum Gasteiger partial charge on any atom is -0.489 e. The molecule has 3 aromatic rings. The van der Waals surface area contributed by atoms with Crippen molar-refractivity contribution in [1.82, 2.24) is 19.5 Å². The first-order chi connectivity index (χ1) is 16.3. The van der Waals surface area contributed by atoms with E-state index in [0.29, 0.717) is 35.0 Å². The zero-order valence-corrected chi connectivity index (χ0v) is 20.2. The van der Waals surface area contributed by atoms with Gasteiger partial charge in [-0.1, -0.05) is 13.5 Å². The second-order valence-corrected chi connectivity index (χ2v) is 8.99. The van der Waals surface area contributed by atoms with Crippen LogP contribution in [0.2, 0.25) is 0 Å². The van der Waals surface area contributed by atoms with Crippen LogP contribution in [0.4, 0.5) is 11.6 Å². The fourth-order valence-corrected chi connectivity index (χ4v) is 4.43. The number of aromatic nitrogens is 4. The molecule has 1 aliphatic rings. The maximum atomic E-state index is 12.6. The van der Waals surface area contributed by atoms with Gasteiger partial charge < -0.3 is 19.2 Å². The molecule has 0 unspecified atom stereocenters. The van der Waals surface area contributed by atoms with Gasteiger partial charge in [-0.3, -0.25) is 4.57 Å². The number of hydrogen-bond acceptors (Lipinski definition) is 7. The number of hydrogen-bond donors (Lipinski definition) is 0. The van der Waals surface area contributed by atoms with Gasteiger partial charge in [0.25, 0.3) is 5.82 Å². The van der Waals surface area contributed by atoms with Crippen molar-refractivity contribution in [2.45, 2.75) is 58.8 Å². The number of fused-ring (bicyclic) bond motifs is 1. The lowest BCUT2D eigenvalue weighted by Crippen LogP contribution is -2.51. The Hall–Kier alpha value is -3.67. The molecule has 34 heavy (non-hydrogen) atoms. The quantitative estimate of drug-likeness (QED) is 0.509. The first-order valence-corrected chi connectivity index (χ1v) is 11.6. The maximum absolute atomic E-state index is 12.6. The van der Waals surface area contributed by atoms with Crippen molar-refractivity contribution in [1.29, 1.82) is 0 Å². The average molecular weight is 463 g/mol. The summed E-state index contributed by atoms with van der Waals surface area (Å²) in [6.07, 6.45) is 3.39. The van der Waals surface area contributed by atoms with Gasteiger partial charge in [-0.25, -0.2) is 9.78 Å². The second-order valence-electron chi connectivity index (χ2n) is 8.99. The number of ether oxygens (including phenoxy) is 2. The molecule has 4 rings (SSSR count). The molecule has 1 saturated heterocycles. The number of aryl methyl sites for hydroxylation is 1. The minimum absolute atomic E-state index is 0.0230. The predicted octanol–water partition coefficient (Wildman–Crippen LogP) is 4.13. The van der Waals surface area contributed by atoms with E-state index in [1.807, 2.05) is 26.0 Å². The second kappa shape index (κ2) is 9.67. The Kier molecular flexibility index (Phi) is 6.68. The molecule has 4 heterocycles. The van der Waals surface area contributed by atoms with Crippen molar-refractivity contribution in [3.63, 3.8) is 0 Å². The first-order valence-electron chi connectivity index (χ1n) is 11.6. The van der Waals surface area contributed by atoms with Gasteiger partial charge in [-0.15, -0.1) is 4.98 Å². The molecule has 0 bridgehead atoms. The van der Waals surface area contributed by atoms with Crippen LogP contribution in [-0.4, -0.2) is 44.3 Å². The molecule has 0 aromatic carbocycles. The number of piperidine rings is 1. The summed E-state index contributed by atoms with van der Waals surface area (Å²) in [5, 5.41) is 0. The smallest absolute Gasteiger partial charge is 0.350 e. The van der Waals surface area contributed by atoms with E-state index in [2.05, 4.69) is 38.5 Å². The van der Waals surface area contributed by atoms with Gasteiger partial charge in [0.2, 0.25) is 11.4 Å². The summed E-state index contributed by atoms with van der Waals surface area (Å²) in [7, 11) is 1.67. The summed E-state index contributed by atoms with van der Waals surface area (Å²) < 4.78 is 13.4. The third-order valence-electron chi connectivity index (χ3n) is 6.25. The van der Waals surface area contributed by atoms with Crippen molar-refractivity contribution in [3.05, 3.63) is 52.4 Å². The Morgan fingerprint density at radius 1 is 1.24 bits per heavy atom. The summed E-state index contributed by atoms with van der Waals surface area (Å²) in [5.41, 5.74) is 0.888. The van der Waals surface area contributed by atoms with E-state index in [4.69, 9.17) is 16.0 Å². The first kappa shape index (κ1) is 23.5. The topological polar surface area (TPSA) is 86.7 Å². The normalized spacial score (nSPS) is 20.4. The van der Waals surface area contributed by atoms with Crippen LogP contribution in [-0.2, 0) is 7.05 Å². The molecule has 9 nitrogen and oxygen atoms in total. The highest BCUT2D eigenvalue weighted by Crippen LogP contribution is 2.34. The molecule has 0 aliphatic carbocycles. The summed E-state index contributed by atoms with van der Waals surface area (Å²) >= 11 is 0. The molecular weight excluding hydrogens is 432 g/mol. The third-order valence-corrected chi connectivity index (χ3v) is 6.25. The molecular formula is C25H30N6O3. The van der Waals surface area contributed by atoms with Gasteiger partial charge in [-0.05, 0) is 45.4 Å². The van der Waals surface area contributed by atoms with Gasteiger partial charge in [0.1, 0.15) is 11.9 Å². The van der Waals surface area contributed by atoms with E-state index in [1.54, 1.807) is 25.4 Å². The summed E-state index contributed by atoms with van der Waals surface area (Å²) in [6.45, 7) is 16.2. The molecule has 0 amide bonds. The standard InChI is InChI=1S/C25H30N6O3/c1-7-17-14-31(24-23-19(30(6)25(32)29-24)9-10-21(26-5)28-23)16(4)12-20(17)34-22-11-8-18(13-27-22)33-15(2)3/h8-11,13,15-17,20H,7,12,14H2,1-4,6H3/t16-,17+,20-/m0/s1. The lowest BCUT2D eigenvalue weighted by atomic mass is 9.88. The number of anilines is 1. The van der Waals surface area contributed by atoms with Crippen LogP contribution in [0.25, 0.3) is 15.9 Å². The molecule has 0 radical (unpaired) electrons. The van der Waals surface area contributed by atoms with E-state index in [0.717, 1.165) is 12.8 Å². The molecule has 0 N–H and O–H groups in total. The molecule has 0 spiro atoms. The molecule has 3 atom stereocenters. The van der Waals surface area contributed by atoms with Crippen molar-refractivity contribution in [2.24, 2.45) is 13.0 Å². The van der Waals surface area contributed by atoms with Gasteiger partial charge in [0.05, 0.1) is 17.8 Å². The van der Waals surface area contributed by atoms with Crippen molar-refractivity contribution >= 4 is 22.7 Å². The van der Waals surface area contributed by atoms with Gasteiger partial charge in [0, 0.05) is 38.0 Å². The molecule has 178 valence electrons. The van der Waals surface area contributed by atoms with Crippen LogP contribution in [0.3, 0.4) is 0 Å². The third kappa shape index (κ3) is 4.67. The number of pyridine rings is 2. The molecule has 1 aliphatic heterocycles. The molecule has 1 fully saturated rings. The minimum atomic E-state index is -0.341. The lowest BCUT2D eigenvalue weighted by Gasteiger charge is -2.42. The Morgan fingerprint density at radius 2 is 2.03 bits per heavy atom. The van der Waals surface area contributed by atoms with E-state index < -0.39 is 0 Å². The summed E-state index contributed by atoms with van der Waals surface area (Å²) in [4.78, 5) is 31.5. The fraction of sp³-hybridized carbons (Fsp3) is 0.480. The Morgan fingerprint density at radius 3 is 2.68 bits per heavy atom. The number of nitrogens with zero attached hydrogens (tertiary/aromatic N) is 6. The fourth-order valence-electron chi connectivity index (χ4n) is 4.43. The summed E-state index contributed by atoms with van der Waals surface area (Å²) in [6, 6.07) is 7.16. The molecule has 9 heteroatoms. The van der Waals surface area contributed by atoms with Crippen molar-refractivity contribution < 1.29 is 9.47 Å². The lowest BCUT2D eigenvalue weighted by molar-refractivity contribution is 0.0908. The average Bonchev–Trinajstić information content (AvgIpc) is 2.82. The SMILES string of the molecule is [C-]#[N+]c1ccc2c(n1)c(N1C[C@@H](CC)[C@@H](Oc3ccc(OC(C)C)cn3)C[C@@H]1C)nc(=O)n2C. The van der Waals surface area contributed by atoms with Crippen molar-refractivity contribution in [2.75, 3.05) is 11.4 Å². The van der Waals surface area contributed by atoms with Crippen LogP contribution < -0.4 is 20.1 Å². The highest BCUT2D eigenvalue weighted by molar-refractivity contribution is 5.87. The summed E-state index contributed by atoms with van der Waals surface area (Å²) in [5.74, 6) is 2.30. The van der Waals surface area contributed by atoms with E-state index in [-0.39, 0.29) is 35.7 Å². The van der Waals surface area contributed by atoms with E-state index in [1.165, 1.54) is 4.57 Å². The van der Waals surface area contributed by atoms with E-state index >= 15 is 0 Å². The zero-order chi connectivity index (χ0) is 24.4. The van der Waals surface area contributed by atoms with Crippen molar-refractivity contribution in [3.8, 4) is 11.6 Å². The van der Waals surface area contributed by atoms with E-state index in [9.17, 15) is 4.79 Å². The molecule has 3 aromatic heterocycles. The van der Waals surface area contributed by atoms with Gasteiger partial charge in [-0.2, -0.15) is 4.98 Å². The Bertz CT molecular complexity index is 1260. The Labute approximate surface area is 199 Å². The molecule has 0 saturated carbocycles. The maximum Gasteiger partial charge on any atom is 0.350 e. The highest BCUT2D eigenvalue weighted by Gasteiger charge is 2.36. The van der Waals surface area contributed by atoms with Crippen LogP contribution in [0.5, 0.6) is 11.6 Å². The van der Waals surface area contributed by atoms with Gasteiger partial charge >= 0.3 is 5.69 Å². The van der Waals surface area contributed by atoms with Crippen LogP contribution >= 0.6 is 0 Å². The highest BCUT2D eigenvalue weighted by atomic mass is 16.5. The van der Waals surface area contributed by atoms with Crippen LogP contribution in [0, 0.1) is 12.5 Å². The predicted molar refractivity (Wildman–Crippen MR) is 131 cm³/mol. The Balaban J connectivity index is 1.61. The monoisotopic (exact) mass is 462 g/mol.